The molecule has 37 heavy (non-hydrogen) atoms. The molecule has 1 heterocycles. The molecule has 1 saturated heterocycles. The van der Waals surface area contributed by atoms with Crippen molar-refractivity contribution in [3.63, 3.8) is 0 Å². The summed E-state index contributed by atoms with van der Waals surface area (Å²) in [5, 5.41) is 2.39. The molecule has 192 valence electrons. The number of anilines is 1. The molecule has 0 saturated carbocycles. The van der Waals surface area contributed by atoms with Crippen LogP contribution in [0.25, 0.3) is 21.9 Å². The van der Waals surface area contributed by atoms with Crippen LogP contribution in [0.4, 0.5) is 5.69 Å². The van der Waals surface area contributed by atoms with Crippen LogP contribution in [0.1, 0.15) is 32.3 Å². The van der Waals surface area contributed by atoms with Crippen molar-refractivity contribution in [3.8, 4) is 16.9 Å². The van der Waals surface area contributed by atoms with Crippen molar-refractivity contribution in [3.05, 3.63) is 96.6 Å². The van der Waals surface area contributed by atoms with Gasteiger partial charge < -0.3 is 14.5 Å². The second-order valence-corrected chi connectivity index (χ2v) is 10.1. The molecule has 4 heteroatoms. The Bertz CT molecular complexity index is 1290. The van der Waals surface area contributed by atoms with E-state index in [9.17, 15) is 4.79 Å². The molecule has 0 bridgehead atoms. The van der Waals surface area contributed by atoms with Crippen LogP contribution in [0.3, 0.4) is 0 Å². The number of carbonyl (C=O) groups is 1. The molecule has 4 aromatic carbocycles. The van der Waals surface area contributed by atoms with Gasteiger partial charge in [-0.15, -0.1) is 0 Å². The number of hydrogen-bond acceptors (Lipinski definition) is 4. The lowest BCUT2D eigenvalue weighted by Crippen LogP contribution is -2.44. The summed E-state index contributed by atoms with van der Waals surface area (Å²) in [6, 6.07) is 31.7. The van der Waals surface area contributed by atoms with Gasteiger partial charge in [-0.25, -0.2) is 0 Å². The number of carbonyl (C=O) groups excluding carboxylic acids is 1. The third-order valence-electron chi connectivity index (χ3n) is 6.80. The minimum absolute atomic E-state index is 0.0347. The fourth-order valence-electron chi connectivity index (χ4n) is 4.52. The number of ketones is 1. The monoisotopic (exact) mass is 494 g/mol. The van der Waals surface area contributed by atoms with Gasteiger partial charge in [-0.05, 0) is 60.2 Å². The molecule has 5 rings (SSSR count). The Morgan fingerprint density at radius 2 is 1.49 bits per heavy atom. The molecule has 1 aliphatic heterocycles. The second kappa shape index (κ2) is 12.6. The quantitative estimate of drug-likeness (QED) is 0.288. The van der Waals surface area contributed by atoms with E-state index in [0.29, 0.717) is 5.92 Å². The first-order valence-electron chi connectivity index (χ1n) is 13.1. The van der Waals surface area contributed by atoms with Gasteiger partial charge in [-0.3, -0.25) is 4.79 Å². The van der Waals surface area contributed by atoms with Gasteiger partial charge in [0, 0.05) is 37.3 Å². The average molecular weight is 495 g/mol. The predicted octanol–water partition coefficient (Wildman–Crippen LogP) is 7.04. The Kier molecular flexibility index (Phi) is 8.97. The van der Waals surface area contributed by atoms with Gasteiger partial charge in [0.15, 0.2) is 5.78 Å². The molecule has 0 aromatic heterocycles. The van der Waals surface area contributed by atoms with E-state index in [2.05, 4.69) is 103 Å². The zero-order valence-corrected chi connectivity index (χ0v) is 22.5. The Hall–Kier alpha value is -3.63. The number of Topliss-reactive ketones (excluding diaryl/α,β-unsaturated/α-hetero) is 1. The van der Waals surface area contributed by atoms with E-state index >= 15 is 0 Å². The Labute approximate surface area is 221 Å². The molecular weight excluding hydrogens is 456 g/mol. The largest absolute Gasteiger partial charge is 0.486 e. The predicted molar refractivity (Wildman–Crippen MR) is 156 cm³/mol. The van der Waals surface area contributed by atoms with Crippen LogP contribution in [-0.4, -0.2) is 50.5 Å². The molecule has 4 nitrogen and oxygen atoms in total. The summed E-state index contributed by atoms with van der Waals surface area (Å²) in [5.74, 6) is 1.39. The lowest BCUT2D eigenvalue weighted by atomic mass is 9.99. The third kappa shape index (κ3) is 7.21. The first-order chi connectivity index (χ1) is 17.9. The molecular formula is C33H38N2O2. The smallest absolute Gasteiger partial charge is 0.167 e. The average Bonchev–Trinajstić information content (AvgIpc) is 2.93. The van der Waals surface area contributed by atoms with Crippen molar-refractivity contribution < 1.29 is 9.53 Å². The number of hydrogen-bond donors (Lipinski definition) is 0. The standard InChI is InChI=1S/C18H22N2O2.C15H16/c1-14(21)13-22-16-7-6-15-4-3-5-18(17(15)12-16)20-10-8-19(2)9-11-20;1-12(2)13-8-10-15(11-9-13)14-6-4-3-5-7-14/h3-7,12H,8-11,13H2,1-2H3;3-12H,1-2H3. The molecule has 1 aliphatic rings. The van der Waals surface area contributed by atoms with Crippen molar-refractivity contribution in [2.75, 3.05) is 44.7 Å². The highest BCUT2D eigenvalue weighted by atomic mass is 16.5. The van der Waals surface area contributed by atoms with Gasteiger partial charge in [0.2, 0.25) is 0 Å². The molecule has 0 aliphatic carbocycles. The highest BCUT2D eigenvalue weighted by molar-refractivity contribution is 5.95. The Balaban J connectivity index is 0.000000186. The minimum Gasteiger partial charge on any atom is -0.486 e. The number of nitrogens with zero attached hydrogens (tertiary/aromatic N) is 2. The maximum atomic E-state index is 11.1. The normalized spacial score (nSPS) is 13.8. The van der Waals surface area contributed by atoms with Crippen molar-refractivity contribution in [1.29, 1.82) is 0 Å². The first kappa shape index (κ1) is 26.4. The lowest BCUT2D eigenvalue weighted by Gasteiger charge is -2.34. The van der Waals surface area contributed by atoms with Gasteiger partial charge in [-0.2, -0.15) is 0 Å². The van der Waals surface area contributed by atoms with E-state index in [1.165, 1.54) is 40.1 Å². The van der Waals surface area contributed by atoms with E-state index < -0.39 is 0 Å². The molecule has 1 fully saturated rings. The van der Waals surface area contributed by atoms with E-state index in [0.717, 1.165) is 31.9 Å². The maximum absolute atomic E-state index is 11.1. The lowest BCUT2D eigenvalue weighted by molar-refractivity contribution is -0.118. The Morgan fingerprint density at radius 3 is 2.14 bits per heavy atom. The van der Waals surface area contributed by atoms with Crippen molar-refractivity contribution in [2.24, 2.45) is 0 Å². The summed E-state index contributed by atoms with van der Waals surface area (Å²) in [4.78, 5) is 15.9. The summed E-state index contributed by atoms with van der Waals surface area (Å²) < 4.78 is 5.56. The topological polar surface area (TPSA) is 32.8 Å². The van der Waals surface area contributed by atoms with Crippen LogP contribution in [0.15, 0.2) is 91.0 Å². The van der Waals surface area contributed by atoms with E-state index in [-0.39, 0.29) is 12.4 Å². The summed E-state index contributed by atoms with van der Waals surface area (Å²) in [6.45, 7) is 10.3. The number of likely N-dealkylation sites (N-methyl/N-ethyl adjacent to an activating group) is 1. The van der Waals surface area contributed by atoms with Crippen LogP contribution in [0.2, 0.25) is 0 Å². The van der Waals surface area contributed by atoms with Crippen LogP contribution < -0.4 is 9.64 Å². The Morgan fingerprint density at radius 1 is 0.811 bits per heavy atom. The second-order valence-electron chi connectivity index (χ2n) is 10.1. The van der Waals surface area contributed by atoms with Gasteiger partial charge in [0.25, 0.3) is 0 Å². The van der Waals surface area contributed by atoms with Crippen LogP contribution in [0.5, 0.6) is 5.75 Å². The zero-order chi connectivity index (χ0) is 26.2. The van der Waals surface area contributed by atoms with Gasteiger partial charge in [-0.1, -0.05) is 86.6 Å². The summed E-state index contributed by atoms with van der Waals surface area (Å²) in [5.41, 5.74) is 5.22. The maximum Gasteiger partial charge on any atom is 0.167 e. The van der Waals surface area contributed by atoms with Crippen LogP contribution in [-0.2, 0) is 4.79 Å². The zero-order valence-electron chi connectivity index (χ0n) is 22.5. The van der Waals surface area contributed by atoms with Gasteiger partial charge in [0.05, 0.1) is 0 Å². The fraction of sp³-hybridized carbons (Fsp3) is 0.303. The molecule has 0 amide bonds. The summed E-state index contributed by atoms with van der Waals surface area (Å²) in [7, 11) is 2.16. The van der Waals surface area contributed by atoms with Gasteiger partial charge in [0.1, 0.15) is 12.4 Å². The van der Waals surface area contributed by atoms with Crippen LogP contribution in [0, 0.1) is 0 Å². The highest BCUT2D eigenvalue weighted by Crippen LogP contribution is 2.31. The molecule has 0 radical (unpaired) electrons. The van der Waals surface area contributed by atoms with Crippen molar-refractivity contribution in [2.45, 2.75) is 26.7 Å². The SMILES string of the molecule is CC(=O)COc1ccc2cccc(N3CCN(C)CC3)c2c1.CC(C)c1ccc(-c2ccccc2)cc1. The molecule has 0 unspecified atom stereocenters. The minimum atomic E-state index is 0.0347. The van der Waals surface area contributed by atoms with E-state index in [1.807, 2.05) is 18.2 Å². The fourth-order valence-corrected chi connectivity index (χ4v) is 4.52. The van der Waals surface area contributed by atoms with Crippen LogP contribution >= 0.6 is 0 Å². The van der Waals surface area contributed by atoms with Gasteiger partial charge >= 0.3 is 0 Å². The van der Waals surface area contributed by atoms with Crippen molar-refractivity contribution >= 4 is 22.2 Å². The van der Waals surface area contributed by atoms with E-state index in [1.54, 1.807) is 0 Å². The third-order valence-corrected chi connectivity index (χ3v) is 6.80. The number of benzene rings is 4. The highest BCUT2D eigenvalue weighted by Gasteiger charge is 2.16. The summed E-state index contributed by atoms with van der Waals surface area (Å²) >= 11 is 0. The molecule has 0 atom stereocenters. The molecule has 0 spiro atoms. The molecule has 0 N–H and O–H groups in total. The number of ether oxygens (including phenoxy) is 1. The first-order valence-corrected chi connectivity index (χ1v) is 13.1. The number of piperazine rings is 1. The summed E-state index contributed by atoms with van der Waals surface area (Å²) in [6.07, 6.45) is 0. The molecule has 4 aromatic rings. The number of rotatable bonds is 6. The van der Waals surface area contributed by atoms with E-state index in [4.69, 9.17) is 4.74 Å². The van der Waals surface area contributed by atoms with Crippen molar-refractivity contribution in [1.82, 2.24) is 4.90 Å². The number of fused-ring (bicyclic) bond motifs is 1.